The summed E-state index contributed by atoms with van der Waals surface area (Å²) in [6, 6.07) is 9.01. The molecule has 12 heteroatoms. The summed E-state index contributed by atoms with van der Waals surface area (Å²) in [5.41, 5.74) is -0.125. The van der Waals surface area contributed by atoms with E-state index in [-0.39, 0.29) is 26.9 Å². The number of non-ortho nitro benzene ring substituents is 1. The van der Waals surface area contributed by atoms with Gasteiger partial charge in [-0.05, 0) is 44.0 Å². The number of nitrogens with one attached hydrogen (secondary N) is 1. The average molecular weight is 482 g/mol. The van der Waals surface area contributed by atoms with Crippen molar-refractivity contribution in [3.05, 3.63) is 63.2 Å². The van der Waals surface area contributed by atoms with Crippen LogP contribution in [-0.4, -0.2) is 48.7 Å². The van der Waals surface area contributed by atoms with Crippen LogP contribution >= 0.6 is 11.6 Å². The Morgan fingerprint density at radius 2 is 1.88 bits per heavy atom. The minimum Gasteiger partial charge on any atom is -0.449 e. The maximum Gasteiger partial charge on any atom is 0.338 e. The van der Waals surface area contributed by atoms with E-state index in [0.29, 0.717) is 13.1 Å². The van der Waals surface area contributed by atoms with Crippen LogP contribution in [0.2, 0.25) is 5.02 Å². The topological polar surface area (TPSA) is 136 Å². The van der Waals surface area contributed by atoms with Crippen LogP contribution in [0, 0.1) is 10.1 Å². The van der Waals surface area contributed by atoms with Crippen LogP contribution in [0.25, 0.3) is 0 Å². The second-order valence-corrected chi connectivity index (χ2v) is 9.41. The highest BCUT2D eigenvalue weighted by Crippen LogP contribution is 2.28. The first-order valence-electron chi connectivity index (χ1n) is 9.65. The molecule has 3 rings (SSSR count). The highest BCUT2D eigenvalue weighted by Gasteiger charge is 2.30. The van der Waals surface area contributed by atoms with Crippen molar-refractivity contribution in [2.45, 2.75) is 30.8 Å². The van der Waals surface area contributed by atoms with Crippen molar-refractivity contribution in [2.24, 2.45) is 0 Å². The lowest BCUT2D eigenvalue weighted by molar-refractivity contribution is -0.384. The van der Waals surface area contributed by atoms with Crippen LogP contribution in [0.5, 0.6) is 0 Å². The molecule has 0 radical (unpaired) electrons. The third-order valence-corrected chi connectivity index (χ3v) is 7.21. The molecule has 1 saturated heterocycles. The van der Waals surface area contributed by atoms with Gasteiger partial charge in [0.25, 0.3) is 11.6 Å². The average Bonchev–Trinajstić information content (AvgIpc) is 3.30. The molecule has 2 aromatic carbocycles. The summed E-state index contributed by atoms with van der Waals surface area (Å²) in [4.78, 5) is 34.9. The van der Waals surface area contributed by atoms with Crippen molar-refractivity contribution in [3.63, 3.8) is 0 Å². The number of esters is 1. The maximum absolute atomic E-state index is 12.8. The van der Waals surface area contributed by atoms with Crippen molar-refractivity contribution in [1.82, 2.24) is 4.31 Å². The summed E-state index contributed by atoms with van der Waals surface area (Å²) in [7, 11) is -3.86. The van der Waals surface area contributed by atoms with Crippen LogP contribution in [0.4, 0.5) is 11.4 Å². The number of amides is 1. The molecule has 0 aromatic heterocycles. The fourth-order valence-corrected chi connectivity index (χ4v) is 5.14. The summed E-state index contributed by atoms with van der Waals surface area (Å²) in [6.07, 6.45) is 0.238. The van der Waals surface area contributed by atoms with Crippen LogP contribution in [0.15, 0.2) is 47.4 Å². The molecule has 0 unspecified atom stereocenters. The number of benzene rings is 2. The van der Waals surface area contributed by atoms with Gasteiger partial charge in [0.05, 0.1) is 15.5 Å². The van der Waals surface area contributed by atoms with E-state index >= 15 is 0 Å². The minimum absolute atomic E-state index is 0.0232. The molecule has 170 valence electrons. The molecule has 1 fully saturated rings. The fraction of sp³-hybridized carbons (Fsp3) is 0.300. The Labute approximate surface area is 189 Å². The number of carbonyl (C=O) groups is 2. The molecule has 2 aromatic rings. The van der Waals surface area contributed by atoms with E-state index < -0.39 is 32.9 Å². The first kappa shape index (κ1) is 23.6. The van der Waals surface area contributed by atoms with Gasteiger partial charge in [-0.1, -0.05) is 17.7 Å². The Balaban J connectivity index is 1.72. The smallest absolute Gasteiger partial charge is 0.338 e. The van der Waals surface area contributed by atoms with E-state index in [9.17, 15) is 28.1 Å². The number of nitro groups is 1. The van der Waals surface area contributed by atoms with Gasteiger partial charge in [-0.3, -0.25) is 14.9 Å². The molecule has 0 saturated carbocycles. The molecule has 0 aliphatic carbocycles. The predicted molar refractivity (Wildman–Crippen MR) is 116 cm³/mol. The summed E-state index contributed by atoms with van der Waals surface area (Å²) in [6.45, 7) is 2.08. The Hall–Kier alpha value is -3.02. The zero-order valence-corrected chi connectivity index (χ0v) is 18.6. The fourth-order valence-electron chi connectivity index (χ4n) is 3.12. The standard InChI is InChI=1S/C20H20ClN3O7S/c1-13(19(25)22-15-5-4-6-16(12-15)24(27)28)31-20(26)14-7-8-17(21)18(11-14)32(29,30)23-9-2-3-10-23/h4-8,11-13H,2-3,9-10H2,1H3,(H,22,25)/t13-/m0/s1. The van der Waals surface area contributed by atoms with E-state index in [1.165, 1.54) is 47.6 Å². The van der Waals surface area contributed by atoms with Gasteiger partial charge in [-0.15, -0.1) is 0 Å². The van der Waals surface area contributed by atoms with Crippen LogP contribution in [-0.2, 0) is 19.6 Å². The third-order valence-electron chi connectivity index (χ3n) is 4.83. The van der Waals surface area contributed by atoms with Crippen LogP contribution in [0.3, 0.4) is 0 Å². The lowest BCUT2D eigenvalue weighted by Crippen LogP contribution is -2.30. The Morgan fingerprint density at radius 1 is 1.19 bits per heavy atom. The van der Waals surface area contributed by atoms with E-state index in [1.54, 1.807) is 0 Å². The van der Waals surface area contributed by atoms with Crippen molar-refractivity contribution in [2.75, 3.05) is 18.4 Å². The monoisotopic (exact) mass is 481 g/mol. The zero-order chi connectivity index (χ0) is 23.5. The minimum atomic E-state index is -3.86. The summed E-state index contributed by atoms with van der Waals surface area (Å²) in [5, 5.41) is 13.3. The van der Waals surface area contributed by atoms with Gasteiger partial charge in [-0.25, -0.2) is 13.2 Å². The number of hydrogen-bond acceptors (Lipinski definition) is 7. The first-order chi connectivity index (χ1) is 15.1. The van der Waals surface area contributed by atoms with Gasteiger partial charge in [0.15, 0.2) is 6.10 Å². The number of hydrogen-bond donors (Lipinski definition) is 1. The molecule has 1 heterocycles. The number of rotatable bonds is 7. The second kappa shape index (κ2) is 9.63. The van der Waals surface area contributed by atoms with Gasteiger partial charge in [0.1, 0.15) is 4.90 Å². The number of nitrogens with zero attached hydrogens (tertiary/aromatic N) is 2. The van der Waals surface area contributed by atoms with Crippen molar-refractivity contribution < 1.29 is 27.7 Å². The van der Waals surface area contributed by atoms with Crippen LogP contribution in [0.1, 0.15) is 30.1 Å². The van der Waals surface area contributed by atoms with Crippen molar-refractivity contribution in [3.8, 4) is 0 Å². The lowest BCUT2D eigenvalue weighted by Gasteiger charge is -2.17. The molecule has 32 heavy (non-hydrogen) atoms. The zero-order valence-electron chi connectivity index (χ0n) is 17.0. The number of halogens is 1. The molecule has 1 amide bonds. The van der Waals surface area contributed by atoms with Crippen molar-refractivity contribution in [1.29, 1.82) is 0 Å². The van der Waals surface area contributed by atoms with Gasteiger partial charge < -0.3 is 10.1 Å². The van der Waals surface area contributed by atoms with Gasteiger partial charge in [0.2, 0.25) is 10.0 Å². The summed E-state index contributed by atoms with van der Waals surface area (Å²) in [5.74, 6) is -1.63. The second-order valence-electron chi connectivity index (χ2n) is 7.10. The molecular formula is C20H20ClN3O7S. The number of carbonyl (C=O) groups excluding carboxylic acids is 2. The molecular weight excluding hydrogens is 462 g/mol. The molecule has 0 bridgehead atoms. The number of anilines is 1. The Bertz CT molecular complexity index is 1160. The van der Waals surface area contributed by atoms with Gasteiger partial charge in [0, 0.05) is 30.9 Å². The molecule has 1 aliphatic rings. The highest BCUT2D eigenvalue weighted by molar-refractivity contribution is 7.89. The van der Waals surface area contributed by atoms with E-state index in [2.05, 4.69) is 5.32 Å². The molecule has 10 nitrogen and oxygen atoms in total. The first-order valence-corrected chi connectivity index (χ1v) is 11.5. The van der Waals surface area contributed by atoms with E-state index in [1.807, 2.05) is 0 Å². The number of ether oxygens (including phenoxy) is 1. The van der Waals surface area contributed by atoms with E-state index in [0.717, 1.165) is 18.9 Å². The summed E-state index contributed by atoms with van der Waals surface area (Å²) < 4.78 is 32.1. The Morgan fingerprint density at radius 3 is 2.53 bits per heavy atom. The van der Waals surface area contributed by atoms with Gasteiger partial charge >= 0.3 is 5.97 Å². The number of nitro benzene ring substituents is 1. The molecule has 1 N–H and O–H groups in total. The lowest BCUT2D eigenvalue weighted by atomic mass is 10.2. The number of sulfonamides is 1. The summed E-state index contributed by atoms with van der Waals surface area (Å²) >= 11 is 6.08. The SMILES string of the molecule is C[C@H](OC(=O)c1ccc(Cl)c(S(=O)(=O)N2CCCC2)c1)C(=O)Nc1cccc([N+](=O)[O-])c1. The third kappa shape index (κ3) is 5.23. The largest absolute Gasteiger partial charge is 0.449 e. The predicted octanol–water partition coefficient (Wildman–Crippen LogP) is 3.22. The normalized spacial score (nSPS) is 15.2. The molecule has 1 atom stereocenters. The van der Waals surface area contributed by atoms with Crippen LogP contribution < -0.4 is 5.32 Å². The maximum atomic E-state index is 12.8. The molecule has 1 aliphatic heterocycles. The molecule has 0 spiro atoms. The highest BCUT2D eigenvalue weighted by atomic mass is 35.5. The van der Waals surface area contributed by atoms with Gasteiger partial charge in [-0.2, -0.15) is 4.31 Å². The Kier molecular flexibility index (Phi) is 7.12. The van der Waals surface area contributed by atoms with E-state index in [4.69, 9.17) is 16.3 Å². The quantitative estimate of drug-likeness (QED) is 0.364. The van der Waals surface area contributed by atoms with Crippen molar-refractivity contribution >= 4 is 44.9 Å².